The summed E-state index contributed by atoms with van der Waals surface area (Å²) in [5.74, 6) is -2.62. The standard InChI is InChI=1S/C26H20N2O8S/c1-2-35-25(33)16-9-15(24(31)32)10-17(11-16)27-22(29)13-36-20-8-7-14(18-5-3-4-6-19(18)20)12-21-23(30)28-26(34)37-21/h3-12H,2,13H2,1H3,(H,27,29)(H,31,32)(H,28,30,34). The fourth-order valence-electron chi connectivity index (χ4n) is 3.60. The minimum atomic E-state index is -1.27. The molecule has 3 aromatic rings. The van der Waals surface area contributed by atoms with E-state index >= 15 is 0 Å². The van der Waals surface area contributed by atoms with E-state index in [-0.39, 0.29) is 28.3 Å². The molecule has 188 valence electrons. The Morgan fingerprint density at radius 2 is 1.76 bits per heavy atom. The first-order valence-electron chi connectivity index (χ1n) is 11.0. The molecule has 0 unspecified atom stereocenters. The number of imide groups is 1. The summed E-state index contributed by atoms with van der Waals surface area (Å²) in [7, 11) is 0. The number of anilines is 1. The average molecular weight is 521 g/mol. The molecule has 3 aromatic carbocycles. The number of carbonyl (C=O) groups excluding carboxylic acids is 4. The van der Waals surface area contributed by atoms with Gasteiger partial charge in [-0.2, -0.15) is 0 Å². The molecule has 0 radical (unpaired) electrons. The molecule has 1 aliphatic rings. The highest BCUT2D eigenvalue weighted by atomic mass is 32.2. The zero-order chi connectivity index (χ0) is 26.5. The van der Waals surface area contributed by atoms with E-state index in [9.17, 15) is 29.1 Å². The molecule has 1 saturated heterocycles. The number of amides is 3. The van der Waals surface area contributed by atoms with Crippen LogP contribution in [0.25, 0.3) is 16.8 Å². The number of benzene rings is 3. The smallest absolute Gasteiger partial charge is 0.338 e. The van der Waals surface area contributed by atoms with Crippen LogP contribution in [0, 0.1) is 0 Å². The van der Waals surface area contributed by atoms with Crippen LogP contribution in [0.2, 0.25) is 0 Å². The monoisotopic (exact) mass is 520 g/mol. The highest BCUT2D eigenvalue weighted by Gasteiger charge is 2.25. The van der Waals surface area contributed by atoms with Crippen LogP contribution in [0.4, 0.5) is 10.5 Å². The van der Waals surface area contributed by atoms with E-state index in [1.54, 1.807) is 37.3 Å². The van der Waals surface area contributed by atoms with Gasteiger partial charge in [0.1, 0.15) is 5.75 Å². The number of hydrogen-bond donors (Lipinski definition) is 3. The third-order valence-electron chi connectivity index (χ3n) is 5.18. The van der Waals surface area contributed by atoms with Gasteiger partial charge in [-0.3, -0.25) is 19.7 Å². The van der Waals surface area contributed by atoms with E-state index < -0.39 is 35.6 Å². The molecule has 3 N–H and O–H groups in total. The van der Waals surface area contributed by atoms with Crippen molar-refractivity contribution in [2.75, 3.05) is 18.5 Å². The van der Waals surface area contributed by atoms with Gasteiger partial charge in [0.25, 0.3) is 17.1 Å². The second kappa shape index (κ2) is 11.0. The van der Waals surface area contributed by atoms with Crippen molar-refractivity contribution in [2.24, 2.45) is 0 Å². The van der Waals surface area contributed by atoms with Crippen LogP contribution in [0.1, 0.15) is 33.2 Å². The Labute approximate surface area is 214 Å². The van der Waals surface area contributed by atoms with Crippen LogP contribution in [0.3, 0.4) is 0 Å². The molecule has 1 heterocycles. The van der Waals surface area contributed by atoms with Gasteiger partial charge in [0, 0.05) is 11.1 Å². The highest BCUT2D eigenvalue weighted by Crippen LogP contribution is 2.32. The zero-order valence-corrected chi connectivity index (χ0v) is 20.2. The molecule has 0 atom stereocenters. The number of thioether (sulfide) groups is 1. The molecule has 1 fully saturated rings. The SMILES string of the molecule is CCOC(=O)c1cc(NC(=O)COc2ccc(C=C3SC(=O)NC3=O)c3ccccc23)cc(C(=O)O)c1. The number of ether oxygens (including phenoxy) is 2. The van der Waals surface area contributed by atoms with Crippen LogP contribution < -0.4 is 15.4 Å². The van der Waals surface area contributed by atoms with Crippen molar-refractivity contribution in [3.63, 3.8) is 0 Å². The van der Waals surface area contributed by atoms with Crippen LogP contribution in [0.15, 0.2) is 59.5 Å². The minimum absolute atomic E-state index is 0.00974. The molecule has 10 nitrogen and oxygen atoms in total. The van der Waals surface area contributed by atoms with Crippen LogP contribution in [-0.2, 0) is 14.3 Å². The summed E-state index contributed by atoms with van der Waals surface area (Å²) in [6.45, 7) is 1.33. The summed E-state index contributed by atoms with van der Waals surface area (Å²) in [5, 5.41) is 15.1. The number of carboxylic acid groups (broad SMARTS) is 1. The van der Waals surface area contributed by atoms with Gasteiger partial charge < -0.3 is 19.9 Å². The van der Waals surface area contributed by atoms with Crippen molar-refractivity contribution >= 4 is 63.3 Å². The van der Waals surface area contributed by atoms with E-state index in [4.69, 9.17) is 9.47 Å². The van der Waals surface area contributed by atoms with Gasteiger partial charge in [-0.15, -0.1) is 0 Å². The molecular formula is C26H20N2O8S. The Morgan fingerprint density at radius 3 is 2.43 bits per heavy atom. The van der Waals surface area contributed by atoms with Gasteiger partial charge in [0.2, 0.25) is 0 Å². The first-order valence-corrected chi connectivity index (χ1v) is 11.8. The molecule has 1 aliphatic heterocycles. The Morgan fingerprint density at radius 1 is 1.03 bits per heavy atom. The largest absolute Gasteiger partial charge is 0.483 e. The number of carboxylic acids is 1. The molecular weight excluding hydrogens is 500 g/mol. The minimum Gasteiger partial charge on any atom is -0.483 e. The summed E-state index contributed by atoms with van der Waals surface area (Å²) < 4.78 is 10.6. The van der Waals surface area contributed by atoms with Crippen LogP contribution in [-0.4, -0.2) is 47.3 Å². The number of carbonyl (C=O) groups is 5. The first kappa shape index (κ1) is 25.5. The van der Waals surface area contributed by atoms with Gasteiger partial charge in [0.15, 0.2) is 6.61 Å². The molecule has 0 bridgehead atoms. The van der Waals surface area contributed by atoms with Gasteiger partial charge >= 0.3 is 11.9 Å². The number of aromatic carboxylic acids is 1. The van der Waals surface area contributed by atoms with E-state index in [1.807, 2.05) is 12.1 Å². The summed E-state index contributed by atoms with van der Waals surface area (Å²) in [4.78, 5) is 59.8. The lowest BCUT2D eigenvalue weighted by atomic mass is 10.0. The summed E-state index contributed by atoms with van der Waals surface area (Å²) in [6, 6.07) is 14.3. The molecule has 11 heteroatoms. The average Bonchev–Trinajstić information content (AvgIpc) is 3.19. The fraction of sp³-hybridized carbons (Fsp3) is 0.115. The Balaban J connectivity index is 1.52. The number of nitrogens with one attached hydrogen (secondary N) is 2. The highest BCUT2D eigenvalue weighted by molar-refractivity contribution is 8.18. The van der Waals surface area contributed by atoms with E-state index in [0.717, 1.165) is 17.1 Å². The molecule has 0 aromatic heterocycles. The second-order valence-corrected chi connectivity index (χ2v) is 8.73. The Bertz CT molecular complexity index is 1480. The number of rotatable bonds is 8. The van der Waals surface area contributed by atoms with Crippen molar-refractivity contribution < 1.29 is 38.6 Å². The molecule has 3 amide bonds. The molecule has 0 aliphatic carbocycles. The number of hydrogen-bond acceptors (Lipinski definition) is 8. The van der Waals surface area contributed by atoms with Gasteiger partial charge in [-0.05, 0) is 60.0 Å². The predicted octanol–water partition coefficient (Wildman–Crippen LogP) is 4.06. The maximum atomic E-state index is 12.6. The van der Waals surface area contributed by atoms with Crippen molar-refractivity contribution in [2.45, 2.75) is 6.92 Å². The van der Waals surface area contributed by atoms with E-state index in [2.05, 4.69) is 10.6 Å². The van der Waals surface area contributed by atoms with E-state index in [0.29, 0.717) is 16.7 Å². The van der Waals surface area contributed by atoms with Crippen LogP contribution in [0.5, 0.6) is 5.75 Å². The lowest BCUT2D eigenvalue weighted by Crippen LogP contribution is -2.21. The third kappa shape index (κ3) is 5.96. The second-order valence-electron chi connectivity index (χ2n) is 7.71. The topological polar surface area (TPSA) is 148 Å². The predicted molar refractivity (Wildman–Crippen MR) is 137 cm³/mol. The maximum absolute atomic E-state index is 12.6. The third-order valence-corrected chi connectivity index (χ3v) is 5.99. The lowest BCUT2D eigenvalue weighted by Gasteiger charge is -2.12. The Hall–Kier alpha value is -4.64. The molecule has 4 rings (SSSR count). The van der Waals surface area contributed by atoms with Crippen LogP contribution >= 0.6 is 11.8 Å². The van der Waals surface area contributed by atoms with Gasteiger partial charge in [0.05, 0.1) is 22.6 Å². The molecule has 37 heavy (non-hydrogen) atoms. The van der Waals surface area contributed by atoms with Crippen molar-refractivity contribution in [1.82, 2.24) is 5.32 Å². The lowest BCUT2D eigenvalue weighted by molar-refractivity contribution is -0.118. The Kier molecular flexibility index (Phi) is 7.54. The normalized spacial score (nSPS) is 13.9. The molecule has 0 saturated carbocycles. The maximum Gasteiger partial charge on any atom is 0.338 e. The molecule has 0 spiro atoms. The van der Waals surface area contributed by atoms with Crippen molar-refractivity contribution in [1.29, 1.82) is 0 Å². The van der Waals surface area contributed by atoms with Gasteiger partial charge in [-0.25, -0.2) is 9.59 Å². The fourth-order valence-corrected chi connectivity index (χ4v) is 4.28. The number of fused-ring (bicyclic) bond motifs is 1. The van der Waals surface area contributed by atoms with E-state index in [1.165, 1.54) is 18.2 Å². The zero-order valence-electron chi connectivity index (χ0n) is 19.4. The summed E-state index contributed by atoms with van der Waals surface area (Å²) in [5.41, 5.74) is 0.597. The first-order chi connectivity index (χ1) is 17.7. The van der Waals surface area contributed by atoms with Gasteiger partial charge in [-0.1, -0.05) is 30.3 Å². The van der Waals surface area contributed by atoms with Crippen molar-refractivity contribution in [3.05, 3.63) is 76.2 Å². The van der Waals surface area contributed by atoms with Crippen molar-refractivity contribution in [3.8, 4) is 5.75 Å². The quantitative estimate of drug-likeness (QED) is 0.295. The summed E-state index contributed by atoms with van der Waals surface area (Å²) >= 11 is 0.816. The summed E-state index contributed by atoms with van der Waals surface area (Å²) in [6.07, 6.45) is 1.61. The number of esters is 1.